The first-order chi connectivity index (χ1) is 20.2. The second-order valence-corrected chi connectivity index (χ2v) is 10.0. The lowest BCUT2D eigenvalue weighted by Gasteiger charge is -2.37. The van der Waals surface area contributed by atoms with Crippen molar-refractivity contribution in [1.29, 1.82) is 0 Å². The van der Waals surface area contributed by atoms with Crippen molar-refractivity contribution in [1.82, 2.24) is 4.90 Å². The van der Waals surface area contributed by atoms with Crippen molar-refractivity contribution in [2.45, 2.75) is 20.4 Å². The summed E-state index contributed by atoms with van der Waals surface area (Å²) < 4.78 is 10.9. The summed E-state index contributed by atoms with van der Waals surface area (Å²) in [5, 5.41) is 6.21. The van der Waals surface area contributed by atoms with Crippen molar-refractivity contribution >= 4 is 64.9 Å². The van der Waals surface area contributed by atoms with Crippen LogP contribution in [0.25, 0.3) is 0 Å². The van der Waals surface area contributed by atoms with Crippen LogP contribution in [0.2, 0.25) is 10.0 Å². The largest absolute Gasteiger partial charge is 0.495 e. The van der Waals surface area contributed by atoms with Gasteiger partial charge in [0, 0.05) is 13.0 Å². The fraction of sp³-hybridized carbons (Fsp3) is 0.200. The van der Waals surface area contributed by atoms with Gasteiger partial charge in [0.1, 0.15) is 27.4 Å². The van der Waals surface area contributed by atoms with Gasteiger partial charge >= 0.3 is 6.03 Å². The number of aliphatic imine (C=N–C) groups is 2. The zero-order valence-corrected chi connectivity index (χ0v) is 25.1. The van der Waals surface area contributed by atoms with Gasteiger partial charge < -0.3 is 20.1 Å². The zero-order valence-electron chi connectivity index (χ0n) is 23.6. The second-order valence-electron chi connectivity index (χ2n) is 9.25. The quantitative estimate of drug-likeness (QED) is 0.216. The molecule has 0 atom stereocenters. The predicted octanol–water partition coefficient (Wildman–Crippen LogP) is 6.81. The van der Waals surface area contributed by atoms with Crippen LogP contribution in [0.3, 0.4) is 0 Å². The molecule has 0 saturated carbocycles. The van der Waals surface area contributed by atoms with E-state index in [1.807, 2.05) is 37.3 Å². The maximum absolute atomic E-state index is 14.2. The molecular formula is C30H30Cl2N6O4. The number of nitrogens with one attached hydrogen (secondary N) is 2. The molecule has 0 spiro atoms. The van der Waals surface area contributed by atoms with Crippen LogP contribution in [0, 0.1) is 0 Å². The molecule has 218 valence electrons. The fourth-order valence-electron chi connectivity index (χ4n) is 4.41. The van der Waals surface area contributed by atoms with Gasteiger partial charge in [0.05, 0.1) is 44.4 Å². The lowest BCUT2D eigenvalue weighted by atomic mass is 10.1. The van der Waals surface area contributed by atoms with E-state index in [9.17, 15) is 9.59 Å². The third-order valence-electron chi connectivity index (χ3n) is 6.34. The molecule has 0 radical (unpaired) electrons. The number of guanidine groups is 1. The molecule has 0 unspecified atom stereocenters. The molecular weight excluding hydrogens is 579 g/mol. The molecule has 1 aliphatic rings. The zero-order chi connectivity index (χ0) is 30.4. The van der Waals surface area contributed by atoms with Crippen LogP contribution < -0.4 is 25.0 Å². The standard InChI is InChI=1S/C30H30Cl2N6O4/c1-18-16-37(27-25(31)23(41-4)15-24(42-5)26(27)32)30(40)38(17-20-11-7-6-8-12-20)28(18)36-29(33-3)35-22-14-10-9-13-21(22)34-19(2)39/h6-15H,3,16-17H2,1-2,4-5H3,(H,34,39)(H,35,36). The maximum atomic E-state index is 14.2. The van der Waals surface area contributed by atoms with Crippen molar-refractivity contribution in [2.24, 2.45) is 9.98 Å². The van der Waals surface area contributed by atoms with E-state index in [1.165, 1.54) is 30.9 Å². The van der Waals surface area contributed by atoms with E-state index >= 15 is 0 Å². The van der Waals surface area contributed by atoms with Gasteiger partial charge in [-0.3, -0.25) is 14.6 Å². The van der Waals surface area contributed by atoms with Crippen molar-refractivity contribution in [3.05, 3.63) is 87.7 Å². The van der Waals surface area contributed by atoms with Gasteiger partial charge in [-0.1, -0.05) is 65.7 Å². The van der Waals surface area contributed by atoms with Crippen LogP contribution in [0.4, 0.5) is 21.9 Å². The SMILES string of the molecule is C=NC(=NC1=C(C)CN(c2c(Cl)c(OC)cc(OC)c2Cl)C(=O)N1Cc1ccccc1)Nc1ccccc1NC(C)=O. The van der Waals surface area contributed by atoms with Crippen LogP contribution in [-0.2, 0) is 11.3 Å². The minimum absolute atomic E-state index is 0.117. The molecule has 1 heterocycles. The van der Waals surface area contributed by atoms with E-state index in [-0.39, 0.29) is 40.7 Å². The average Bonchev–Trinajstić information content (AvgIpc) is 2.98. The van der Waals surface area contributed by atoms with Gasteiger partial charge in [0.2, 0.25) is 11.9 Å². The molecule has 4 rings (SSSR count). The minimum Gasteiger partial charge on any atom is -0.495 e. The number of rotatable bonds is 8. The molecule has 0 bridgehead atoms. The molecule has 1 aliphatic heterocycles. The number of methoxy groups -OCH3 is 2. The molecule has 10 nitrogen and oxygen atoms in total. The first-order valence-corrected chi connectivity index (χ1v) is 13.6. The van der Waals surface area contributed by atoms with E-state index in [2.05, 4.69) is 22.3 Å². The third-order valence-corrected chi connectivity index (χ3v) is 7.07. The summed E-state index contributed by atoms with van der Waals surface area (Å²) in [6, 6.07) is 17.7. The number of halogens is 2. The van der Waals surface area contributed by atoms with Gasteiger partial charge in [0.25, 0.3) is 0 Å². The monoisotopic (exact) mass is 608 g/mol. The topological polar surface area (TPSA) is 108 Å². The number of carbonyl (C=O) groups is 2. The van der Waals surface area contributed by atoms with Crippen molar-refractivity contribution in [3.63, 3.8) is 0 Å². The predicted molar refractivity (Wildman–Crippen MR) is 168 cm³/mol. The van der Waals surface area contributed by atoms with E-state index < -0.39 is 6.03 Å². The molecule has 0 fully saturated rings. The smallest absolute Gasteiger partial charge is 0.330 e. The number of carbonyl (C=O) groups excluding carboxylic acids is 2. The number of ether oxygens (including phenoxy) is 2. The number of hydrogen-bond donors (Lipinski definition) is 2. The summed E-state index contributed by atoms with van der Waals surface area (Å²) in [4.78, 5) is 37.7. The summed E-state index contributed by atoms with van der Waals surface area (Å²) in [5.41, 5.74) is 2.93. The van der Waals surface area contributed by atoms with Crippen molar-refractivity contribution < 1.29 is 19.1 Å². The first kappa shape index (κ1) is 30.4. The number of para-hydroxylation sites is 2. The van der Waals surface area contributed by atoms with Crippen LogP contribution in [-0.4, -0.2) is 50.3 Å². The number of urea groups is 1. The van der Waals surface area contributed by atoms with Crippen molar-refractivity contribution in [2.75, 3.05) is 36.3 Å². The Hall–Kier alpha value is -4.54. The molecule has 0 aliphatic carbocycles. The van der Waals surface area contributed by atoms with Crippen molar-refractivity contribution in [3.8, 4) is 11.5 Å². The number of hydrogen-bond acceptors (Lipinski definition) is 5. The van der Waals surface area contributed by atoms with Crippen LogP contribution in [0.15, 0.2) is 82.0 Å². The first-order valence-electron chi connectivity index (χ1n) is 12.8. The summed E-state index contributed by atoms with van der Waals surface area (Å²) in [6.45, 7) is 7.24. The molecule has 3 aromatic carbocycles. The third kappa shape index (κ3) is 6.50. The molecule has 0 aromatic heterocycles. The van der Waals surface area contributed by atoms with Gasteiger partial charge in [-0.2, -0.15) is 4.99 Å². The molecule has 3 amide bonds. The average molecular weight is 610 g/mol. The van der Waals surface area contributed by atoms with Gasteiger partial charge in [0.15, 0.2) is 0 Å². The summed E-state index contributed by atoms with van der Waals surface area (Å²) in [7, 11) is 2.94. The highest BCUT2D eigenvalue weighted by atomic mass is 35.5. The Balaban J connectivity index is 1.82. The Bertz CT molecular complexity index is 1550. The number of anilines is 3. The van der Waals surface area contributed by atoms with Gasteiger partial charge in [-0.15, -0.1) is 0 Å². The Morgan fingerprint density at radius 2 is 1.55 bits per heavy atom. The normalized spacial score (nSPS) is 13.7. The Morgan fingerprint density at radius 1 is 0.976 bits per heavy atom. The Labute approximate surface area is 254 Å². The molecule has 0 saturated heterocycles. The Morgan fingerprint density at radius 3 is 2.10 bits per heavy atom. The molecule has 2 N–H and O–H groups in total. The van der Waals surface area contributed by atoms with Gasteiger partial charge in [-0.25, -0.2) is 9.79 Å². The highest BCUT2D eigenvalue weighted by Crippen LogP contribution is 2.47. The fourth-order valence-corrected chi connectivity index (χ4v) is 5.11. The maximum Gasteiger partial charge on any atom is 0.330 e. The van der Waals surface area contributed by atoms with Crippen LogP contribution in [0.1, 0.15) is 19.4 Å². The highest BCUT2D eigenvalue weighted by Gasteiger charge is 2.36. The number of nitrogens with zero attached hydrogens (tertiary/aromatic N) is 4. The molecule has 42 heavy (non-hydrogen) atoms. The minimum atomic E-state index is -0.427. The Kier molecular flexibility index (Phi) is 9.72. The lowest BCUT2D eigenvalue weighted by Crippen LogP contribution is -2.48. The van der Waals surface area contributed by atoms with E-state index in [0.29, 0.717) is 28.7 Å². The summed E-state index contributed by atoms with van der Waals surface area (Å²) in [5.74, 6) is 0.878. The summed E-state index contributed by atoms with van der Waals surface area (Å²) >= 11 is 13.4. The molecule has 3 aromatic rings. The highest BCUT2D eigenvalue weighted by molar-refractivity contribution is 6.41. The second kappa shape index (κ2) is 13.4. The van der Waals surface area contributed by atoms with E-state index in [1.54, 1.807) is 30.3 Å². The van der Waals surface area contributed by atoms with Crippen LogP contribution >= 0.6 is 23.2 Å². The number of amides is 3. The van der Waals surface area contributed by atoms with E-state index in [4.69, 9.17) is 37.7 Å². The van der Waals surface area contributed by atoms with Crippen LogP contribution in [0.5, 0.6) is 11.5 Å². The van der Waals surface area contributed by atoms with E-state index in [0.717, 1.165) is 11.1 Å². The lowest BCUT2D eigenvalue weighted by molar-refractivity contribution is -0.114. The number of benzene rings is 3. The van der Waals surface area contributed by atoms with Gasteiger partial charge in [-0.05, 0) is 36.9 Å². The molecule has 12 heteroatoms. The summed E-state index contributed by atoms with van der Waals surface area (Å²) in [6.07, 6.45) is 0.